The summed E-state index contributed by atoms with van der Waals surface area (Å²) in [6.07, 6.45) is 2.76. The van der Waals surface area contributed by atoms with Crippen molar-refractivity contribution in [3.05, 3.63) is 28.2 Å². The molecule has 1 aromatic carbocycles. The van der Waals surface area contributed by atoms with Crippen LogP contribution in [0.2, 0.25) is 0 Å². The molecule has 0 N–H and O–H groups in total. The highest BCUT2D eigenvalue weighted by Crippen LogP contribution is 2.29. The first-order chi connectivity index (χ1) is 9.38. The van der Waals surface area contributed by atoms with Crippen LogP contribution in [0.1, 0.15) is 19.7 Å². The van der Waals surface area contributed by atoms with Crippen LogP contribution < -0.4 is 0 Å². The highest BCUT2D eigenvalue weighted by atomic mass is 79.9. The molecule has 2 aromatic rings. The van der Waals surface area contributed by atoms with Crippen molar-refractivity contribution < 1.29 is 4.39 Å². The van der Waals surface area contributed by atoms with Crippen LogP contribution >= 0.6 is 39.3 Å². The van der Waals surface area contributed by atoms with E-state index in [1.165, 1.54) is 0 Å². The monoisotopic (exact) mass is 378 g/mol. The lowest BCUT2D eigenvalue weighted by atomic mass is 10.2. The van der Waals surface area contributed by atoms with Gasteiger partial charge in [0.2, 0.25) is 0 Å². The number of halogens is 3. The number of nitrogens with zero attached hydrogens (tertiary/aromatic N) is 2. The highest BCUT2D eigenvalue weighted by Gasteiger charge is 2.21. The third kappa shape index (κ3) is 3.31. The van der Waals surface area contributed by atoms with Gasteiger partial charge < -0.3 is 4.57 Å². The van der Waals surface area contributed by atoms with Gasteiger partial charge in [-0.05, 0) is 42.1 Å². The lowest BCUT2D eigenvalue weighted by Gasteiger charge is -2.24. The minimum atomic E-state index is -0.266. The molecule has 6 heteroatoms. The van der Waals surface area contributed by atoms with Gasteiger partial charge in [-0.25, -0.2) is 9.37 Å². The summed E-state index contributed by atoms with van der Waals surface area (Å²) in [5, 5.41) is 0. The maximum Gasteiger partial charge on any atom is 0.139 e. The molecule has 0 amide bonds. The third-order valence-electron chi connectivity index (χ3n) is 3.28. The molecule has 0 saturated heterocycles. The van der Waals surface area contributed by atoms with Gasteiger partial charge in [-0.2, -0.15) is 11.8 Å². The van der Waals surface area contributed by atoms with Gasteiger partial charge in [0.25, 0.3) is 0 Å². The third-order valence-corrected chi connectivity index (χ3v) is 5.31. The summed E-state index contributed by atoms with van der Waals surface area (Å²) in [6.45, 7) is 5.12. The van der Waals surface area contributed by atoms with Gasteiger partial charge in [-0.15, -0.1) is 11.6 Å². The molecule has 2 rings (SSSR count). The van der Waals surface area contributed by atoms with Gasteiger partial charge in [0, 0.05) is 29.7 Å². The zero-order valence-corrected chi connectivity index (χ0v) is 14.9. The second-order valence-electron chi connectivity index (χ2n) is 5.27. The predicted octanol–water partition coefficient (Wildman–Crippen LogP) is 4.86. The van der Waals surface area contributed by atoms with Crippen LogP contribution in [0.15, 0.2) is 16.6 Å². The first-order valence-corrected chi connectivity index (χ1v) is 8.88. The van der Waals surface area contributed by atoms with E-state index >= 15 is 0 Å². The second-order valence-corrected chi connectivity index (χ2v) is 8.02. The van der Waals surface area contributed by atoms with E-state index in [9.17, 15) is 4.39 Å². The molecule has 0 aliphatic carbocycles. The summed E-state index contributed by atoms with van der Waals surface area (Å²) in [6, 6.07) is 3.27. The van der Waals surface area contributed by atoms with Crippen LogP contribution in [0.3, 0.4) is 0 Å². The molecule has 0 aliphatic heterocycles. The molecular weight excluding hydrogens is 363 g/mol. The predicted molar refractivity (Wildman–Crippen MR) is 89.4 cm³/mol. The summed E-state index contributed by atoms with van der Waals surface area (Å²) in [7, 11) is 0. The Morgan fingerprint density at radius 3 is 2.75 bits per heavy atom. The van der Waals surface area contributed by atoms with Crippen molar-refractivity contribution in [1.82, 2.24) is 9.55 Å². The number of benzene rings is 1. The van der Waals surface area contributed by atoms with Gasteiger partial charge in [0.15, 0.2) is 0 Å². The zero-order valence-electron chi connectivity index (χ0n) is 11.7. The van der Waals surface area contributed by atoms with Crippen molar-refractivity contribution in [3.63, 3.8) is 0 Å². The molecule has 0 unspecified atom stereocenters. The van der Waals surface area contributed by atoms with Crippen molar-refractivity contribution in [2.45, 2.75) is 31.6 Å². The topological polar surface area (TPSA) is 17.8 Å². The average Bonchev–Trinajstić information content (AvgIpc) is 2.68. The Kier molecular flexibility index (Phi) is 5.03. The smallest absolute Gasteiger partial charge is 0.139 e. The van der Waals surface area contributed by atoms with Crippen molar-refractivity contribution in [3.8, 4) is 0 Å². The van der Waals surface area contributed by atoms with E-state index in [0.717, 1.165) is 23.4 Å². The first-order valence-electron chi connectivity index (χ1n) is 6.33. The average molecular weight is 380 g/mol. The Morgan fingerprint density at radius 2 is 2.15 bits per heavy atom. The molecule has 20 heavy (non-hydrogen) atoms. The molecule has 0 radical (unpaired) electrons. The molecule has 1 aromatic heterocycles. The summed E-state index contributed by atoms with van der Waals surface area (Å²) in [5.41, 5.74) is 1.63. The lowest BCUT2D eigenvalue weighted by molar-refractivity contribution is 0.559. The van der Waals surface area contributed by atoms with Crippen LogP contribution in [-0.4, -0.2) is 26.4 Å². The van der Waals surface area contributed by atoms with Crippen LogP contribution in [-0.2, 0) is 13.0 Å². The first kappa shape index (κ1) is 16.1. The van der Waals surface area contributed by atoms with E-state index in [1.807, 2.05) is 0 Å². The normalized spacial score (nSPS) is 12.3. The maximum atomic E-state index is 13.8. The van der Waals surface area contributed by atoms with Gasteiger partial charge in [0.1, 0.15) is 11.6 Å². The number of imidazole rings is 1. The summed E-state index contributed by atoms with van der Waals surface area (Å²) in [5.74, 6) is 1.15. The highest BCUT2D eigenvalue weighted by molar-refractivity contribution is 9.10. The van der Waals surface area contributed by atoms with E-state index in [0.29, 0.717) is 16.8 Å². The van der Waals surface area contributed by atoms with Crippen LogP contribution in [0.4, 0.5) is 4.39 Å². The fourth-order valence-corrected chi connectivity index (χ4v) is 2.83. The molecule has 0 atom stereocenters. The molecule has 0 spiro atoms. The molecule has 0 saturated carbocycles. The number of fused-ring (bicyclic) bond motifs is 1. The van der Waals surface area contributed by atoms with Crippen molar-refractivity contribution >= 4 is 50.3 Å². The molecule has 0 fully saturated rings. The van der Waals surface area contributed by atoms with Crippen LogP contribution in [0.5, 0.6) is 0 Å². The van der Waals surface area contributed by atoms with E-state index in [4.69, 9.17) is 11.6 Å². The minimum absolute atomic E-state index is 0.0538. The molecule has 2 nitrogen and oxygen atoms in total. The molecular formula is C14H17BrClFN2S. The lowest BCUT2D eigenvalue weighted by Crippen LogP contribution is -2.24. The maximum absolute atomic E-state index is 13.8. The molecule has 110 valence electrons. The van der Waals surface area contributed by atoms with Crippen LogP contribution in [0.25, 0.3) is 11.0 Å². The number of aryl methyl sites for hydroxylation is 1. The summed E-state index contributed by atoms with van der Waals surface area (Å²) in [4.78, 5) is 4.60. The Hall–Kier alpha value is -0.260. The van der Waals surface area contributed by atoms with E-state index in [1.54, 1.807) is 23.9 Å². The number of alkyl halides is 1. The van der Waals surface area contributed by atoms with Crippen molar-refractivity contribution in [2.75, 3.05) is 12.1 Å². The van der Waals surface area contributed by atoms with Crippen molar-refractivity contribution in [2.24, 2.45) is 0 Å². The van der Waals surface area contributed by atoms with Gasteiger partial charge in [0.05, 0.1) is 15.5 Å². The van der Waals surface area contributed by atoms with Crippen LogP contribution in [0, 0.1) is 5.82 Å². The number of rotatable bonds is 5. The van der Waals surface area contributed by atoms with Gasteiger partial charge in [-0.1, -0.05) is 0 Å². The fourth-order valence-electron chi connectivity index (χ4n) is 2.07. The second kappa shape index (κ2) is 6.24. The molecule has 0 aliphatic rings. The Labute approximate surface area is 136 Å². The standard InChI is InChI=1S/C14H17BrClFN2S/c1-14(2,20-3)8-19-12-7-10(17)9(15)6-11(12)18-13(19)4-5-16/h6-7H,4-5,8H2,1-3H3. The Morgan fingerprint density at radius 1 is 1.45 bits per heavy atom. The SMILES string of the molecule is CSC(C)(C)Cn1c(CCCl)nc2cc(Br)c(F)cc21. The molecule has 0 bridgehead atoms. The summed E-state index contributed by atoms with van der Waals surface area (Å²) >= 11 is 10.9. The quantitative estimate of drug-likeness (QED) is 0.690. The van der Waals surface area contributed by atoms with Crippen molar-refractivity contribution in [1.29, 1.82) is 0 Å². The number of thioether (sulfide) groups is 1. The Balaban J connectivity index is 2.58. The summed E-state index contributed by atoms with van der Waals surface area (Å²) < 4.78 is 16.4. The fraction of sp³-hybridized carbons (Fsp3) is 0.500. The minimum Gasteiger partial charge on any atom is -0.326 e. The van der Waals surface area contributed by atoms with E-state index in [-0.39, 0.29) is 10.6 Å². The van der Waals surface area contributed by atoms with E-state index < -0.39 is 0 Å². The largest absolute Gasteiger partial charge is 0.326 e. The molecule has 1 heterocycles. The van der Waals surface area contributed by atoms with Gasteiger partial charge in [-0.3, -0.25) is 0 Å². The number of hydrogen-bond acceptors (Lipinski definition) is 2. The Bertz CT molecular complexity index is 627. The number of aromatic nitrogens is 2. The van der Waals surface area contributed by atoms with E-state index in [2.05, 4.69) is 45.6 Å². The zero-order chi connectivity index (χ0) is 14.9. The number of hydrogen-bond donors (Lipinski definition) is 0. The van der Waals surface area contributed by atoms with Gasteiger partial charge >= 0.3 is 0 Å².